The summed E-state index contributed by atoms with van der Waals surface area (Å²) in [4.78, 5) is 29.2. The van der Waals surface area contributed by atoms with Crippen molar-refractivity contribution in [3.05, 3.63) is 58.7 Å². The number of aromatic carboxylic acids is 1. The Labute approximate surface area is 245 Å². The molecule has 2 N–H and O–H groups in total. The molecule has 2 aromatic rings. The van der Waals surface area contributed by atoms with Crippen LogP contribution >= 0.6 is 0 Å². The van der Waals surface area contributed by atoms with E-state index in [1.165, 1.54) is 6.07 Å². The number of carboxylic acids is 1. The first-order chi connectivity index (χ1) is 20.3. The molecule has 0 aromatic heterocycles. The standard InChI is InChI=1S/C30H34F5N3O5/c1-17-15-37(9-10-38(17)21-5-6-24(31)23(13-21)27(39)40)22-7-8-29(43-16-22,19-3-4-19)28(41)36-14-18-11-20(30(33,34)35)12-25(32)26(18)42-2/h5-6,11-13,17,19,22H,3-4,7-10,14-16H2,1-2H3,(H,36,41)(H,39,40)/t17?,22?,29-/m0/s1. The molecule has 5 rings (SSSR count). The zero-order valence-electron chi connectivity index (χ0n) is 23.8. The largest absolute Gasteiger partial charge is 0.493 e. The van der Waals surface area contributed by atoms with Crippen LogP contribution < -0.4 is 15.0 Å². The van der Waals surface area contributed by atoms with Crippen molar-refractivity contribution in [1.82, 2.24) is 10.2 Å². The molecule has 43 heavy (non-hydrogen) atoms. The summed E-state index contributed by atoms with van der Waals surface area (Å²) in [6.45, 7) is 3.84. The van der Waals surface area contributed by atoms with Gasteiger partial charge in [0.1, 0.15) is 11.4 Å². The molecule has 2 aromatic carbocycles. The quantitative estimate of drug-likeness (QED) is 0.413. The zero-order chi connectivity index (χ0) is 31.1. The van der Waals surface area contributed by atoms with Gasteiger partial charge in [0.15, 0.2) is 11.6 Å². The van der Waals surface area contributed by atoms with Crippen LogP contribution in [0.2, 0.25) is 0 Å². The number of hydrogen-bond donors (Lipinski definition) is 2. The minimum atomic E-state index is -4.76. The van der Waals surface area contributed by atoms with Crippen LogP contribution in [0.5, 0.6) is 5.75 Å². The van der Waals surface area contributed by atoms with Crippen molar-refractivity contribution in [2.45, 2.75) is 63.0 Å². The lowest BCUT2D eigenvalue weighted by Gasteiger charge is -2.48. The lowest BCUT2D eigenvalue weighted by molar-refractivity contribution is -0.165. The highest BCUT2D eigenvalue weighted by Gasteiger charge is 2.54. The molecule has 13 heteroatoms. The van der Waals surface area contributed by atoms with Gasteiger partial charge in [-0.3, -0.25) is 9.69 Å². The molecule has 0 spiro atoms. The summed E-state index contributed by atoms with van der Waals surface area (Å²) in [5, 5.41) is 12.0. The van der Waals surface area contributed by atoms with Gasteiger partial charge in [-0.2, -0.15) is 13.2 Å². The van der Waals surface area contributed by atoms with E-state index in [0.29, 0.717) is 44.2 Å². The van der Waals surface area contributed by atoms with Gasteiger partial charge in [0.05, 0.1) is 24.8 Å². The number of carboxylic acid groups (broad SMARTS) is 1. The fourth-order valence-corrected chi connectivity index (χ4v) is 6.36. The summed E-state index contributed by atoms with van der Waals surface area (Å²) >= 11 is 0. The molecule has 234 valence electrons. The van der Waals surface area contributed by atoms with Crippen LogP contribution in [-0.4, -0.2) is 72.9 Å². The average molecular weight is 612 g/mol. The topological polar surface area (TPSA) is 91.3 Å². The second-order valence-electron chi connectivity index (χ2n) is 11.5. The van der Waals surface area contributed by atoms with Gasteiger partial charge in [0.2, 0.25) is 0 Å². The van der Waals surface area contributed by atoms with Crippen molar-refractivity contribution in [3.8, 4) is 5.75 Å². The van der Waals surface area contributed by atoms with Gasteiger partial charge >= 0.3 is 12.1 Å². The average Bonchev–Trinajstić information content (AvgIpc) is 3.82. The summed E-state index contributed by atoms with van der Waals surface area (Å²) in [5.41, 5.74) is -2.14. The molecule has 1 amide bonds. The summed E-state index contributed by atoms with van der Waals surface area (Å²) in [7, 11) is 1.15. The van der Waals surface area contributed by atoms with Gasteiger partial charge in [-0.15, -0.1) is 0 Å². The smallest absolute Gasteiger partial charge is 0.416 e. The van der Waals surface area contributed by atoms with Gasteiger partial charge in [-0.1, -0.05) is 0 Å². The molecule has 0 bridgehead atoms. The number of nitrogens with zero attached hydrogens (tertiary/aromatic N) is 2. The minimum absolute atomic E-state index is 0.00195. The third-order valence-corrected chi connectivity index (χ3v) is 8.78. The SMILES string of the molecule is COc1c(F)cc(C(F)(F)F)cc1CNC(=O)[C@@]1(C2CC2)CCC(N2CCN(c3ccc(F)c(C(=O)O)c3)C(C)C2)CO1. The number of rotatable bonds is 8. The van der Waals surface area contributed by atoms with E-state index in [-0.39, 0.29) is 48.0 Å². The molecule has 3 aliphatic rings. The number of piperazine rings is 1. The monoisotopic (exact) mass is 611 g/mol. The Balaban J connectivity index is 1.22. The van der Waals surface area contributed by atoms with Crippen molar-refractivity contribution >= 4 is 17.6 Å². The molecule has 2 unspecified atom stereocenters. The van der Waals surface area contributed by atoms with E-state index in [1.54, 1.807) is 6.07 Å². The molecule has 1 aliphatic carbocycles. The Kier molecular flexibility index (Phi) is 8.59. The number of methoxy groups -OCH3 is 1. The van der Waals surface area contributed by atoms with Crippen LogP contribution in [0, 0.1) is 17.6 Å². The van der Waals surface area contributed by atoms with Crippen LogP contribution in [0.4, 0.5) is 27.6 Å². The summed E-state index contributed by atoms with van der Waals surface area (Å²) < 4.78 is 79.4. The number of ether oxygens (including phenoxy) is 2. The molecule has 1 saturated carbocycles. The first-order valence-electron chi connectivity index (χ1n) is 14.2. The highest BCUT2D eigenvalue weighted by molar-refractivity contribution is 5.89. The fourth-order valence-electron chi connectivity index (χ4n) is 6.36. The summed E-state index contributed by atoms with van der Waals surface area (Å²) in [5.74, 6) is -4.07. The van der Waals surface area contributed by atoms with Crippen LogP contribution in [0.15, 0.2) is 30.3 Å². The van der Waals surface area contributed by atoms with E-state index in [2.05, 4.69) is 10.2 Å². The van der Waals surface area contributed by atoms with Gasteiger partial charge in [-0.25, -0.2) is 13.6 Å². The van der Waals surface area contributed by atoms with Crippen molar-refractivity contribution in [2.75, 3.05) is 38.3 Å². The van der Waals surface area contributed by atoms with E-state index < -0.39 is 40.9 Å². The van der Waals surface area contributed by atoms with Crippen LogP contribution in [-0.2, 0) is 22.3 Å². The molecule has 8 nitrogen and oxygen atoms in total. The first kappa shape index (κ1) is 31.0. The Bertz CT molecular complexity index is 1370. The van der Waals surface area contributed by atoms with Gasteiger partial charge in [0.25, 0.3) is 5.91 Å². The molecule has 2 saturated heterocycles. The number of halogens is 5. The number of anilines is 1. The van der Waals surface area contributed by atoms with Crippen molar-refractivity contribution < 1.29 is 46.1 Å². The molecule has 0 radical (unpaired) electrons. The van der Waals surface area contributed by atoms with Crippen LogP contribution in [0.25, 0.3) is 0 Å². The van der Waals surface area contributed by atoms with E-state index in [1.807, 2.05) is 11.8 Å². The number of benzene rings is 2. The van der Waals surface area contributed by atoms with Crippen molar-refractivity contribution in [1.29, 1.82) is 0 Å². The highest BCUT2D eigenvalue weighted by Crippen LogP contribution is 2.47. The van der Waals surface area contributed by atoms with Gasteiger partial charge < -0.3 is 24.8 Å². The third-order valence-electron chi connectivity index (χ3n) is 8.78. The maximum Gasteiger partial charge on any atom is 0.416 e. The fraction of sp³-hybridized carbons (Fsp3) is 0.533. The van der Waals surface area contributed by atoms with Gasteiger partial charge in [0, 0.05) is 49.5 Å². The van der Waals surface area contributed by atoms with E-state index in [0.717, 1.165) is 32.1 Å². The Morgan fingerprint density at radius 3 is 2.44 bits per heavy atom. The normalized spacial score (nSPS) is 25.0. The maximum atomic E-state index is 14.4. The predicted molar refractivity (Wildman–Crippen MR) is 146 cm³/mol. The third kappa shape index (κ3) is 6.28. The lowest BCUT2D eigenvalue weighted by atomic mass is 9.85. The molecular formula is C30H34F5N3O5. The highest BCUT2D eigenvalue weighted by atomic mass is 19.4. The van der Waals surface area contributed by atoms with Crippen LogP contribution in [0.1, 0.15) is 54.1 Å². The number of hydrogen-bond acceptors (Lipinski definition) is 6. The Morgan fingerprint density at radius 2 is 1.86 bits per heavy atom. The second-order valence-corrected chi connectivity index (χ2v) is 11.5. The first-order valence-corrected chi connectivity index (χ1v) is 14.2. The number of amides is 1. The minimum Gasteiger partial charge on any atom is -0.493 e. The number of alkyl halides is 3. The number of carbonyl (C=O) groups is 2. The van der Waals surface area contributed by atoms with E-state index in [9.17, 15) is 36.6 Å². The number of nitrogens with one attached hydrogen (secondary N) is 1. The second kappa shape index (κ2) is 11.9. The van der Waals surface area contributed by atoms with Crippen LogP contribution in [0.3, 0.4) is 0 Å². The lowest BCUT2D eigenvalue weighted by Crippen LogP contribution is -2.60. The van der Waals surface area contributed by atoms with Gasteiger partial charge in [-0.05, 0) is 68.9 Å². The maximum absolute atomic E-state index is 14.4. The molecule has 3 atom stereocenters. The Morgan fingerprint density at radius 1 is 1.12 bits per heavy atom. The van der Waals surface area contributed by atoms with Crippen molar-refractivity contribution in [3.63, 3.8) is 0 Å². The summed E-state index contributed by atoms with van der Waals surface area (Å²) in [6.07, 6.45) is -2.07. The molecule has 3 fully saturated rings. The molecule has 2 heterocycles. The summed E-state index contributed by atoms with van der Waals surface area (Å²) in [6, 6.07) is 5.26. The predicted octanol–water partition coefficient (Wildman–Crippen LogP) is 4.85. The van der Waals surface area contributed by atoms with Crippen molar-refractivity contribution in [2.24, 2.45) is 5.92 Å². The van der Waals surface area contributed by atoms with E-state index in [4.69, 9.17) is 9.47 Å². The van der Waals surface area contributed by atoms with E-state index >= 15 is 0 Å². The molecule has 2 aliphatic heterocycles. The Hall–Kier alpha value is -3.45. The zero-order valence-corrected chi connectivity index (χ0v) is 23.8. The molecular weight excluding hydrogens is 577 g/mol. The number of carbonyl (C=O) groups excluding carboxylic acids is 1.